The summed E-state index contributed by atoms with van der Waals surface area (Å²) in [7, 11) is 0. The van der Waals surface area contributed by atoms with Gasteiger partial charge >= 0.3 is 0 Å². The predicted octanol–water partition coefficient (Wildman–Crippen LogP) is 2.19. The lowest BCUT2D eigenvalue weighted by atomic mass is 9.73. The molecular formula is C9H18O. The van der Waals surface area contributed by atoms with Crippen molar-refractivity contribution in [3.63, 3.8) is 0 Å². The van der Waals surface area contributed by atoms with Crippen molar-refractivity contribution in [3.05, 3.63) is 0 Å². The Labute approximate surface area is 63.4 Å². The van der Waals surface area contributed by atoms with Crippen LogP contribution in [0, 0.1) is 11.3 Å². The van der Waals surface area contributed by atoms with Crippen molar-refractivity contribution in [2.24, 2.45) is 11.3 Å². The fourth-order valence-electron chi connectivity index (χ4n) is 1.30. The average Bonchev–Trinajstić information content (AvgIpc) is 2.38. The van der Waals surface area contributed by atoms with Gasteiger partial charge in [-0.3, -0.25) is 0 Å². The van der Waals surface area contributed by atoms with Crippen molar-refractivity contribution in [1.82, 2.24) is 0 Å². The maximum Gasteiger partial charge on any atom is 0.0645 e. The van der Waals surface area contributed by atoms with E-state index >= 15 is 0 Å². The van der Waals surface area contributed by atoms with Crippen molar-refractivity contribution in [2.45, 2.75) is 46.1 Å². The van der Waals surface area contributed by atoms with Gasteiger partial charge in [-0.1, -0.05) is 13.8 Å². The normalized spacial score (nSPS) is 21.3. The molecule has 1 aliphatic rings. The molecule has 0 bridgehead atoms. The summed E-state index contributed by atoms with van der Waals surface area (Å²) in [5.74, 6) is 0.757. The van der Waals surface area contributed by atoms with Crippen molar-refractivity contribution in [3.8, 4) is 0 Å². The third kappa shape index (κ3) is 1.20. The van der Waals surface area contributed by atoms with Crippen LogP contribution in [0.25, 0.3) is 0 Å². The molecule has 1 rings (SSSR count). The van der Waals surface area contributed by atoms with Crippen LogP contribution in [-0.2, 0) is 0 Å². The second-order valence-electron chi connectivity index (χ2n) is 4.55. The predicted molar refractivity (Wildman–Crippen MR) is 42.8 cm³/mol. The van der Waals surface area contributed by atoms with E-state index in [0.29, 0.717) is 0 Å². The Morgan fingerprint density at radius 1 is 1.10 bits per heavy atom. The summed E-state index contributed by atoms with van der Waals surface area (Å²) in [4.78, 5) is 0. The average molecular weight is 142 g/mol. The number of hydrogen-bond acceptors (Lipinski definition) is 1. The zero-order valence-corrected chi connectivity index (χ0v) is 7.44. The van der Waals surface area contributed by atoms with Gasteiger partial charge < -0.3 is 5.11 Å². The highest BCUT2D eigenvalue weighted by atomic mass is 16.3. The largest absolute Gasteiger partial charge is 0.390 e. The molecule has 0 unspecified atom stereocenters. The van der Waals surface area contributed by atoms with E-state index in [1.54, 1.807) is 0 Å². The van der Waals surface area contributed by atoms with E-state index in [1.807, 2.05) is 13.8 Å². The molecule has 1 heteroatoms. The molecule has 1 N–H and O–H groups in total. The molecule has 0 atom stereocenters. The van der Waals surface area contributed by atoms with Gasteiger partial charge in [0, 0.05) is 0 Å². The summed E-state index contributed by atoms with van der Waals surface area (Å²) >= 11 is 0. The first-order valence-electron chi connectivity index (χ1n) is 4.08. The molecule has 0 heterocycles. The van der Waals surface area contributed by atoms with Crippen molar-refractivity contribution >= 4 is 0 Å². The third-order valence-electron chi connectivity index (χ3n) is 3.17. The topological polar surface area (TPSA) is 20.2 Å². The van der Waals surface area contributed by atoms with Gasteiger partial charge in [-0.05, 0) is 38.0 Å². The van der Waals surface area contributed by atoms with Crippen molar-refractivity contribution < 1.29 is 5.11 Å². The molecule has 0 radical (unpaired) electrons. The fourth-order valence-corrected chi connectivity index (χ4v) is 1.30. The molecule has 0 saturated heterocycles. The lowest BCUT2D eigenvalue weighted by molar-refractivity contribution is -0.0475. The number of rotatable bonds is 2. The van der Waals surface area contributed by atoms with Gasteiger partial charge in [-0.25, -0.2) is 0 Å². The molecule has 0 aromatic rings. The number of hydrogen-bond donors (Lipinski definition) is 1. The van der Waals surface area contributed by atoms with E-state index in [1.165, 1.54) is 12.8 Å². The van der Waals surface area contributed by atoms with E-state index in [0.717, 1.165) is 5.92 Å². The Hall–Kier alpha value is -0.0400. The quantitative estimate of drug-likeness (QED) is 0.626. The molecule has 10 heavy (non-hydrogen) atoms. The molecule has 0 spiro atoms. The van der Waals surface area contributed by atoms with Crippen LogP contribution in [-0.4, -0.2) is 10.7 Å². The van der Waals surface area contributed by atoms with Gasteiger partial charge in [0.1, 0.15) is 0 Å². The SMILES string of the molecule is CC(C)(O)C(C)(C)C1CC1. The lowest BCUT2D eigenvalue weighted by Crippen LogP contribution is -2.40. The van der Waals surface area contributed by atoms with Gasteiger partial charge in [-0.2, -0.15) is 0 Å². The lowest BCUT2D eigenvalue weighted by Gasteiger charge is -2.37. The molecule has 1 nitrogen and oxygen atoms in total. The summed E-state index contributed by atoms with van der Waals surface area (Å²) in [5.41, 5.74) is -0.416. The monoisotopic (exact) mass is 142 g/mol. The van der Waals surface area contributed by atoms with Crippen LogP contribution in [0.3, 0.4) is 0 Å². The molecule has 0 aromatic heterocycles. The maximum atomic E-state index is 9.76. The van der Waals surface area contributed by atoms with Crippen LogP contribution in [0.2, 0.25) is 0 Å². The van der Waals surface area contributed by atoms with E-state index in [4.69, 9.17) is 0 Å². The van der Waals surface area contributed by atoms with E-state index in [-0.39, 0.29) is 5.41 Å². The minimum atomic E-state index is -0.520. The summed E-state index contributed by atoms with van der Waals surface area (Å²) in [6.07, 6.45) is 2.61. The maximum absolute atomic E-state index is 9.76. The standard InChI is InChI=1S/C9H18O/c1-8(2,7-5-6-7)9(3,4)10/h7,10H,5-6H2,1-4H3. The molecule has 0 amide bonds. The number of aliphatic hydroxyl groups is 1. The highest BCUT2D eigenvalue weighted by Gasteiger charge is 2.46. The molecule has 1 fully saturated rings. The van der Waals surface area contributed by atoms with Crippen molar-refractivity contribution in [1.29, 1.82) is 0 Å². The minimum Gasteiger partial charge on any atom is -0.390 e. The second-order valence-corrected chi connectivity index (χ2v) is 4.55. The minimum absolute atomic E-state index is 0.104. The fraction of sp³-hybridized carbons (Fsp3) is 1.00. The van der Waals surface area contributed by atoms with Crippen LogP contribution in [0.4, 0.5) is 0 Å². The van der Waals surface area contributed by atoms with Crippen LogP contribution < -0.4 is 0 Å². The van der Waals surface area contributed by atoms with Crippen LogP contribution in [0.5, 0.6) is 0 Å². The van der Waals surface area contributed by atoms with Gasteiger partial charge in [0.15, 0.2) is 0 Å². The van der Waals surface area contributed by atoms with E-state index < -0.39 is 5.60 Å². The summed E-state index contributed by atoms with van der Waals surface area (Å²) < 4.78 is 0. The molecular weight excluding hydrogens is 124 g/mol. The Morgan fingerprint density at radius 2 is 1.50 bits per heavy atom. The van der Waals surface area contributed by atoms with Gasteiger partial charge in [0.2, 0.25) is 0 Å². The summed E-state index contributed by atoms with van der Waals surface area (Å²) in [5, 5.41) is 9.76. The Bertz CT molecular complexity index is 126. The van der Waals surface area contributed by atoms with Gasteiger partial charge in [-0.15, -0.1) is 0 Å². The molecule has 1 aliphatic carbocycles. The molecule has 0 aromatic carbocycles. The summed E-state index contributed by atoms with van der Waals surface area (Å²) in [6.45, 7) is 8.13. The van der Waals surface area contributed by atoms with Gasteiger partial charge in [0.25, 0.3) is 0 Å². The highest BCUT2D eigenvalue weighted by molar-refractivity contribution is 4.97. The zero-order chi connectivity index (χ0) is 7.99. The Kier molecular flexibility index (Phi) is 1.59. The van der Waals surface area contributed by atoms with E-state index in [9.17, 15) is 5.11 Å². The molecule has 1 saturated carbocycles. The molecule has 60 valence electrons. The Balaban J connectivity index is 2.66. The first-order valence-corrected chi connectivity index (χ1v) is 4.08. The van der Waals surface area contributed by atoms with Crippen LogP contribution >= 0.6 is 0 Å². The zero-order valence-electron chi connectivity index (χ0n) is 7.44. The molecule has 0 aliphatic heterocycles. The highest BCUT2D eigenvalue weighted by Crippen LogP contribution is 2.50. The first-order chi connectivity index (χ1) is 4.36. The Morgan fingerprint density at radius 3 is 1.60 bits per heavy atom. The first kappa shape index (κ1) is 8.06. The second kappa shape index (κ2) is 1.97. The van der Waals surface area contributed by atoms with Crippen LogP contribution in [0.1, 0.15) is 40.5 Å². The van der Waals surface area contributed by atoms with Gasteiger partial charge in [0.05, 0.1) is 5.60 Å². The summed E-state index contributed by atoms with van der Waals surface area (Å²) in [6, 6.07) is 0. The van der Waals surface area contributed by atoms with E-state index in [2.05, 4.69) is 13.8 Å². The smallest absolute Gasteiger partial charge is 0.0645 e. The third-order valence-corrected chi connectivity index (χ3v) is 3.17. The van der Waals surface area contributed by atoms with Crippen LogP contribution in [0.15, 0.2) is 0 Å². The van der Waals surface area contributed by atoms with Crippen molar-refractivity contribution in [2.75, 3.05) is 0 Å².